The van der Waals surface area contributed by atoms with Crippen molar-refractivity contribution in [3.05, 3.63) is 63.8 Å². The lowest BCUT2D eigenvalue weighted by atomic mass is 10.1. The summed E-state index contributed by atoms with van der Waals surface area (Å²) in [4.78, 5) is 28.9. The molecule has 0 aliphatic rings. The highest BCUT2D eigenvalue weighted by Crippen LogP contribution is 2.25. The highest BCUT2D eigenvalue weighted by Gasteiger charge is 2.16. The van der Waals surface area contributed by atoms with Crippen LogP contribution in [0.5, 0.6) is 5.75 Å². The molecule has 2 aromatic carbocycles. The Kier molecular flexibility index (Phi) is 6.02. The van der Waals surface area contributed by atoms with Crippen LogP contribution in [0.4, 0.5) is 5.69 Å². The molecule has 28 heavy (non-hydrogen) atoms. The lowest BCUT2D eigenvalue weighted by Gasteiger charge is -2.10. The Hall–Kier alpha value is -2.83. The molecule has 144 valence electrons. The average molecular weight is 419 g/mol. The lowest BCUT2D eigenvalue weighted by Crippen LogP contribution is -2.21. The number of hydrogen-bond acceptors (Lipinski definition) is 5. The van der Waals surface area contributed by atoms with Crippen LogP contribution in [0.2, 0.25) is 10.0 Å². The van der Waals surface area contributed by atoms with Gasteiger partial charge in [0.2, 0.25) is 0 Å². The van der Waals surface area contributed by atoms with Gasteiger partial charge in [0.1, 0.15) is 5.75 Å². The number of fused-ring (bicyclic) bond motifs is 1. The third-order valence-electron chi connectivity index (χ3n) is 3.97. The fraction of sp³-hybridized carbons (Fsp3) is 0.150. The number of rotatable bonds is 5. The van der Waals surface area contributed by atoms with Gasteiger partial charge in [-0.05, 0) is 43.3 Å². The fourth-order valence-corrected chi connectivity index (χ4v) is 2.90. The maximum Gasteiger partial charge on any atom is 0.340 e. The van der Waals surface area contributed by atoms with E-state index in [1.807, 2.05) is 0 Å². The summed E-state index contributed by atoms with van der Waals surface area (Å²) in [5.41, 5.74) is 1.81. The molecular formula is C20H16Cl2N2O4. The van der Waals surface area contributed by atoms with Crippen molar-refractivity contribution in [3.63, 3.8) is 0 Å². The van der Waals surface area contributed by atoms with Crippen molar-refractivity contribution in [2.45, 2.75) is 6.92 Å². The zero-order chi connectivity index (χ0) is 20.3. The number of halogens is 2. The van der Waals surface area contributed by atoms with Crippen molar-refractivity contribution < 1.29 is 19.1 Å². The molecule has 1 heterocycles. The molecule has 1 N–H and O–H groups in total. The van der Waals surface area contributed by atoms with Gasteiger partial charge in [0.25, 0.3) is 5.91 Å². The van der Waals surface area contributed by atoms with Gasteiger partial charge in [-0.25, -0.2) is 4.79 Å². The van der Waals surface area contributed by atoms with E-state index in [0.29, 0.717) is 32.7 Å². The summed E-state index contributed by atoms with van der Waals surface area (Å²) in [5, 5.41) is 4.06. The van der Waals surface area contributed by atoms with E-state index in [1.54, 1.807) is 50.4 Å². The second-order valence-electron chi connectivity index (χ2n) is 5.93. The number of carbonyl (C=O) groups is 2. The van der Waals surface area contributed by atoms with Gasteiger partial charge in [0, 0.05) is 16.5 Å². The summed E-state index contributed by atoms with van der Waals surface area (Å²) >= 11 is 11.9. The van der Waals surface area contributed by atoms with Crippen molar-refractivity contribution in [1.82, 2.24) is 4.98 Å². The summed E-state index contributed by atoms with van der Waals surface area (Å²) in [6.45, 7) is 1.23. The minimum absolute atomic E-state index is 0.284. The average Bonchev–Trinajstić information content (AvgIpc) is 2.68. The Labute approximate surface area is 171 Å². The van der Waals surface area contributed by atoms with E-state index in [1.165, 1.54) is 6.07 Å². The molecule has 0 spiro atoms. The van der Waals surface area contributed by atoms with Crippen LogP contribution >= 0.6 is 23.2 Å². The summed E-state index contributed by atoms with van der Waals surface area (Å²) in [5.74, 6) is -0.505. The number of amides is 1. The number of methoxy groups -OCH3 is 1. The fourth-order valence-electron chi connectivity index (χ4n) is 2.57. The number of pyridine rings is 1. The maximum absolute atomic E-state index is 12.4. The van der Waals surface area contributed by atoms with Crippen molar-refractivity contribution >= 4 is 51.7 Å². The molecule has 6 nitrogen and oxygen atoms in total. The molecule has 1 aromatic heterocycles. The summed E-state index contributed by atoms with van der Waals surface area (Å²) < 4.78 is 10.3. The van der Waals surface area contributed by atoms with Crippen LogP contribution in [-0.4, -0.2) is 30.6 Å². The first-order valence-electron chi connectivity index (χ1n) is 8.25. The third-order valence-corrected chi connectivity index (χ3v) is 4.54. The number of anilines is 1. The molecule has 0 saturated heterocycles. The Morgan fingerprint density at radius 2 is 1.89 bits per heavy atom. The molecule has 0 saturated carbocycles. The van der Waals surface area contributed by atoms with E-state index < -0.39 is 18.5 Å². The lowest BCUT2D eigenvalue weighted by molar-refractivity contribution is -0.119. The molecule has 0 fully saturated rings. The highest BCUT2D eigenvalue weighted by molar-refractivity contribution is 6.35. The van der Waals surface area contributed by atoms with E-state index in [0.717, 1.165) is 5.39 Å². The standard InChI is InChI=1S/C20H16Cl2N2O4/c1-11-15(7-12-3-5-14(27-2)9-17(12)23-11)20(26)28-10-19(25)24-18-8-13(21)4-6-16(18)22/h3-9H,10H2,1-2H3,(H,24,25). The smallest absolute Gasteiger partial charge is 0.340 e. The van der Waals surface area contributed by atoms with Crippen LogP contribution in [0, 0.1) is 6.92 Å². The van der Waals surface area contributed by atoms with E-state index in [2.05, 4.69) is 10.3 Å². The minimum atomic E-state index is -0.643. The maximum atomic E-state index is 12.4. The zero-order valence-corrected chi connectivity index (χ0v) is 16.6. The normalized spacial score (nSPS) is 10.6. The van der Waals surface area contributed by atoms with E-state index in [-0.39, 0.29) is 5.56 Å². The Morgan fingerprint density at radius 3 is 2.64 bits per heavy atom. The van der Waals surface area contributed by atoms with Crippen LogP contribution < -0.4 is 10.1 Å². The molecule has 3 rings (SSSR count). The van der Waals surface area contributed by atoms with Crippen LogP contribution in [0.15, 0.2) is 42.5 Å². The van der Waals surface area contributed by atoms with Gasteiger partial charge in [0.05, 0.1) is 34.6 Å². The van der Waals surface area contributed by atoms with Gasteiger partial charge in [-0.3, -0.25) is 9.78 Å². The van der Waals surface area contributed by atoms with Gasteiger partial charge in [-0.1, -0.05) is 23.2 Å². The number of ether oxygens (including phenoxy) is 2. The van der Waals surface area contributed by atoms with Gasteiger partial charge >= 0.3 is 5.97 Å². The van der Waals surface area contributed by atoms with Gasteiger partial charge in [0.15, 0.2) is 6.61 Å². The van der Waals surface area contributed by atoms with Crippen molar-refractivity contribution in [1.29, 1.82) is 0 Å². The van der Waals surface area contributed by atoms with Crippen LogP contribution in [-0.2, 0) is 9.53 Å². The first-order valence-corrected chi connectivity index (χ1v) is 9.00. The Bertz CT molecular complexity index is 1070. The topological polar surface area (TPSA) is 77.5 Å². The molecule has 1 amide bonds. The summed E-state index contributed by atoms with van der Waals surface area (Å²) in [6, 6.07) is 11.7. The first kappa shape index (κ1) is 19.9. The molecule has 0 radical (unpaired) electrons. The molecule has 0 aliphatic carbocycles. The second kappa shape index (κ2) is 8.46. The SMILES string of the molecule is COc1ccc2cc(C(=O)OCC(=O)Nc3cc(Cl)ccc3Cl)c(C)nc2c1. The van der Waals surface area contributed by atoms with Crippen LogP contribution in [0.25, 0.3) is 10.9 Å². The zero-order valence-electron chi connectivity index (χ0n) is 15.1. The number of esters is 1. The second-order valence-corrected chi connectivity index (χ2v) is 6.77. The van der Waals surface area contributed by atoms with Crippen LogP contribution in [0.3, 0.4) is 0 Å². The van der Waals surface area contributed by atoms with Crippen molar-refractivity contribution in [2.75, 3.05) is 19.0 Å². The number of hydrogen-bond donors (Lipinski definition) is 1. The summed E-state index contributed by atoms with van der Waals surface area (Å²) in [7, 11) is 1.57. The highest BCUT2D eigenvalue weighted by atomic mass is 35.5. The van der Waals surface area contributed by atoms with Crippen molar-refractivity contribution in [2.24, 2.45) is 0 Å². The van der Waals surface area contributed by atoms with E-state index >= 15 is 0 Å². The predicted molar refractivity (Wildman–Crippen MR) is 108 cm³/mol. The number of nitrogens with zero attached hydrogens (tertiary/aromatic N) is 1. The van der Waals surface area contributed by atoms with Crippen LogP contribution in [0.1, 0.15) is 16.1 Å². The molecule has 0 atom stereocenters. The van der Waals surface area contributed by atoms with Crippen molar-refractivity contribution in [3.8, 4) is 5.75 Å². The Morgan fingerprint density at radius 1 is 1.11 bits per heavy atom. The van der Waals surface area contributed by atoms with Gasteiger partial charge in [-0.2, -0.15) is 0 Å². The number of aryl methyl sites for hydroxylation is 1. The minimum Gasteiger partial charge on any atom is -0.497 e. The van der Waals surface area contributed by atoms with E-state index in [4.69, 9.17) is 32.7 Å². The number of carbonyl (C=O) groups excluding carboxylic acids is 2. The molecule has 0 bridgehead atoms. The largest absolute Gasteiger partial charge is 0.497 e. The Balaban J connectivity index is 1.69. The number of nitrogens with one attached hydrogen (secondary N) is 1. The molecule has 8 heteroatoms. The molecule has 3 aromatic rings. The number of benzene rings is 2. The quantitative estimate of drug-likeness (QED) is 0.609. The molecule has 0 unspecified atom stereocenters. The van der Waals surface area contributed by atoms with Gasteiger partial charge in [-0.15, -0.1) is 0 Å². The molecular weight excluding hydrogens is 403 g/mol. The number of aromatic nitrogens is 1. The molecule has 0 aliphatic heterocycles. The first-order chi connectivity index (χ1) is 13.4. The summed E-state index contributed by atoms with van der Waals surface area (Å²) in [6.07, 6.45) is 0. The monoisotopic (exact) mass is 418 g/mol. The third kappa shape index (κ3) is 4.52. The van der Waals surface area contributed by atoms with Gasteiger partial charge < -0.3 is 14.8 Å². The predicted octanol–water partition coefficient (Wildman–Crippen LogP) is 4.65. The van der Waals surface area contributed by atoms with E-state index in [9.17, 15) is 9.59 Å².